The molecule has 0 spiro atoms. The summed E-state index contributed by atoms with van der Waals surface area (Å²) in [4.78, 5) is 23.0. The number of anilines is 1. The lowest BCUT2D eigenvalue weighted by atomic mass is 10.2. The zero-order valence-corrected chi connectivity index (χ0v) is 11.8. The minimum Gasteiger partial charge on any atom is -0.465 e. The van der Waals surface area contributed by atoms with E-state index in [-0.39, 0.29) is 29.6 Å². The van der Waals surface area contributed by atoms with E-state index in [4.69, 9.17) is 0 Å². The monoisotopic (exact) mass is 282 g/mol. The van der Waals surface area contributed by atoms with E-state index in [0.29, 0.717) is 6.54 Å². The van der Waals surface area contributed by atoms with E-state index in [1.165, 1.54) is 19.2 Å². The lowest BCUT2D eigenvalue weighted by Crippen LogP contribution is -2.27. The molecule has 0 aliphatic heterocycles. The van der Waals surface area contributed by atoms with Gasteiger partial charge in [0.15, 0.2) is 0 Å². The van der Waals surface area contributed by atoms with Crippen molar-refractivity contribution in [2.45, 2.75) is 26.3 Å². The lowest BCUT2D eigenvalue weighted by Gasteiger charge is -2.10. The van der Waals surface area contributed by atoms with Gasteiger partial charge in [-0.2, -0.15) is 0 Å². The third kappa shape index (κ3) is 4.97. The Morgan fingerprint density at radius 1 is 1.35 bits per heavy atom. The number of esters is 1. The second-order valence-corrected chi connectivity index (χ2v) is 4.59. The van der Waals surface area contributed by atoms with Crippen LogP contribution in [0.25, 0.3) is 0 Å². The van der Waals surface area contributed by atoms with Crippen molar-refractivity contribution in [1.82, 2.24) is 5.32 Å². The van der Waals surface area contributed by atoms with Gasteiger partial charge in [-0.05, 0) is 18.2 Å². The van der Waals surface area contributed by atoms with E-state index in [1.807, 2.05) is 13.8 Å². The topological polar surface area (TPSA) is 67.4 Å². The molecule has 0 aliphatic rings. The van der Waals surface area contributed by atoms with Gasteiger partial charge in [0.05, 0.1) is 18.4 Å². The average molecular weight is 282 g/mol. The maximum absolute atomic E-state index is 13.6. The smallest absolute Gasteiger partial charge is 0.337 e. The number of benzene rings is 1. The van der Waals surface area contributed by atoms with Crippen molar-refractivity contribution in [2.75, 3.05) is 19.0 Å². The second-order valence-electron chi connectivity index (χ2n) is 4.59. The van der Waals surface area contributed by atoms with Crippen molar-refractivity contribution in [3.05, 3.63) is 29.6 Å². The minimum absolute atomic E-state index is 0.0255. The van der Waals surface area contributed by atoms with Crippen LogP contribution >= 0.6 is 0 Å². The second kappa shape index (κ2) is 7.59. The molecule has 0 aromatic heterocycles. The van der Waals surface area contributed by atoms with Crippen LogP contribution < -0.4 is 10.6 Å². The quantitative estimate of drug-likeness (QED) is 0.782. The largest absolute Gasteiger partial charge is 0.465 e. The molecule has 20 heavy (non-hydrogen) atoms. The number of carbonyl (C=O) groups is 2. The predicted octanol–water partition coefficient (Wildman–Crippen LogP) is 1.94. The first-order valence-electron chi connectivity index (χ1n) is 6.35. The molecule has 0 bridgehead atoms. The highest BCUT2D eigenvalue weighted by Crippen LogP contribution is 2.17. The molecule has 2 N–H and O–H groups in total. The lowest BCUT2D eigenvalue weighted by molar-refractivity contribution is -0.116. The number of ether oxygens (including phenoxy) is 1. The van der Waals surface area contributed by atoms with Crippen LogP contribution in [0.5, 0.6) is 0 Å². The molecule has 110 valence electrons. The van der Waals surface area contributed by atoms with E-state index in [9.17, 15) is 14.0 Å². The van der Waals surface area contributed by atoms with Gasteiger partial charge in [0.25, 0.3) is 0 Å². The summed E-state index contributed by atoms with van der Waals surface area (Å²) in [6.07, 6.45) is 0.222. The van der Waals surface area contributed by atoms with Crippen molar-refractivity contribution in [3.63, 3.8) is 0 Å². The van der Waals surface area contributed by atoms with Crippen LogP contribution in [0.1, 0.15) is 30.6 Å². The molecule has 0 radical (unpaired) electrons. The fourth-order valence-electron chi connectivity index (χ4n) is 1.55. The van der Waals surface area contributed by atoms with Crippen LogP contribution in [0, 0.1) is 5.82 Å². The van der Waals surface area contributed by atoms with E-state index < -0.39 is 11.8 Å². The molecular formula is C14H19FN2O3. The summed E-state index contributed by atoms with van der Waals surface area (Å²) >= 11 is 0. The summed E-state index contributed by atoms with van der Waals surface area (Å²) in [6.45, 7) is 4.44. The van der Waals surface area contributed by atoms with Crippen molar-refractivity contribution in [3.8, 4) is 0 Å². The van der Waals surface area contributed by atoms with Crippen molar-refractivity contribution >= 4 is 17.6 Å². The molecule has 1 aromatic rings. The molecule has 0 atom stereocenters. The summed E-state index contributed by atoms with van der Waals surface area (Å²) in [5, 5.41) is 5.53. The Bertz CT molecular complexity index is 489. The summed E-state index contributed by atoms with van der Waals surface area (Å²) < 4.78 is 18.1. The van der Waals surface area contributed by atoms with Gasteiger partial charge in [-0.3, -0.25) is 4.79 Å². The van der Waals surface area contributed by atoms with Gasteiger partial charge in [0.2, 0.25) is 5.91 Å². The normalized spacial score (nSPS) is 10.4. The van der Waals surface area contributed by atoms with E-state index in [0.717, 1.165) is 6.07 Å². The summed E-state index contributed by atoms with van der Waals surface area (Å²) in [7, 11) is 1.24. The summed E-state index contributed by atoms with van der Waals surface area (Å²) in [5.41, 5.74) is 0.159. The van der Waals surface area contributed by atoms with Crippen molar-refractivity contribution in [2.24, 2.45) is 0 Å². The Balaban J connectivity index is 2.66. The molecule has 1 aromatic carbocycles. The number of rotatable bonds is 6. The SMILES string of the molecule is COC(=O)c1ccc(F)c(NC(=O)CCNC(C)C)c1. The fourth-order valence-corrected chi connectivity index (χ4v) is 1.55. The maximum atomic E-state index is 13.6. The highest BCUT2D eigenvalue weighted by Gasteiger charge is 2.12. The first-order chi connectivity index (χ1) is 9.43. The Hall–Kier alpha value is -1.95. The molecule has 1 amide bonds. The Morgan fingerprint density at radius 2 is 2.05 bits per heavy atom. The van der Waals surface area contributed by atoms with E-state index in [1.54, 1.807) is 0 Å². The van der Waals surface area contributed by atoms with Gasteiger partial charge in [-0.15, -0.1) is 0 Å². The Morgan fingerprint density at radius 3 is 2.65 bits per heavy atom. The van der Waals surface area contributed by atoms with Crippen LogP contribution in [0.4, 0.5) is 10.1 Å². The Kier molecular flexibility index (Phi) is 6.11. The van der Waals surface area contributed by atoms with Gasteiger partial charge >= 0.3 is 5.97 Å². The fraction of sp³-hybridized carbons (Fsp3) is 0.429. The standard InChI is InChI=1S/C14H19FN2O3/c1-9(2)16-7-6-13(18)17-12-8-10(14(19)20-3)4-5-11(12)15/h4-5,8-9,16H,6-7H2,1-3H3,(H,17,18). The van der Waals surface area contributed by atoms with Crippen molar-refractivity contribution in [1.29, 1.82) is 0 Å². The molecule has 0 saturated heterocycles. The molecule has 0 fully saturated rings. The van der Waals surface area contributed by atoms with Crippen LogP contribution in [-0.4, -0.2) is 31.6 Å². The molecule has 0 aliphatic carbocycles. The first kappa shape index (κ1) is 16.1. The number of hydrogen-bond donors (Lipinski definition) is 2. The molecule has 1 rings (SSSR count). The average Bonchev–Trinajstić information content (AvgIpc) is 2.40. The molecule has 0 heterocycles. The third-order valence-corrected chi connectivity index (χ3v) is 2.57. The zero-order valence-electron chi connectivity index (χ0n) is 11.8. The number of methoxy groups -OCH3 is 1. The van der Waals surface area contributed by atoms with Gasteiger partial charge in [0.1, 0.15) is 5.82 Å². The predicted molar refractivity (Wildman–Crippen MR) is 74.1 cm³/mol. The maximum Gasteiger partial charge on any atom is 0.337 e. The van der Waals surface area contributed by atoms with Crippen LogP contribution in [0.3, 0.4) is 0 Å². The van der Waals surface area contributed by atoms with Crippen LogP contribution in [0.2, 0.25) is 0 Å². The molecule has 0 unspecified atom stereocenters. The molecule has 0 saturated carbocycles. The number of hydrogen-bond acceptors (Lipinski definition) is 4. The Labute approximate surface area is 117 Å². The van der Waals surface area contributed by atoms with Crippen molar-refractivity contribution < 1.29 is 18.7 Å². The van der Waals surface area contributed by atoms with Crippen LogP contribution in [0.15, 0.2) is 18.2 Å². The summed E-state index contributed by atoms with van der Waals surface area (Å²) in [6, 6.07) is 3.96. The van der Waals surface area contributed by atoms with Gasteiger partial charge in [-0.25, -0.2) is 9.18 Å². The molecule has 5 nitrogen and oxygen atoms in total. The first-order valence-corrected chi connectivity index (χ1v) is 6.35. The number of nitrogens with one attached hydrogen (secondary N) is 2. The van der Waals surface area contributed by atoms with E-state index >= 15 is 0 Å². The number of amides is 1. The third-order valence-electron chi connectivity index (χ3n) is 2.57. The molecular weight excluding hydrogens is 263 g/mol. The van der Waals surface area contributed by atoms with E-state index in [2.05, 4.69) is 15.4 Å². The zero-order chi connectivity index (χ0) is 15.1. The van der Waals surface area contributed by atoms with Gasteiger partial charge < -0.3 is 15.4 Å². The highest BCUT2D eigenvalue weighted by atomic mass is 19.1. The minimum atomic E-state index is -0.595. The van der Waals surface area contributed by atoms with Gasteiger partial charge in [0, 0.05) is 19.0 Å². The van der Waals surface area contributed by atoms with Gasteiger partial charge in [-0.1, -0.05) is 13.8 Å². The highest BCUT2D eigenvalue weighted by molar-refractivity contribution is 5.94. The molecule has 6 heteroatoms. The van der Waals surface area contributed by atoms with Crippen LogP contribution in [-0.2, 0) is 9.53 Å². The summed E-state index contributed by atoms with van der Waals surface area (Å²) in [5.74, 6) is -1.50. The number of halogens is 1. The number of carbonyl (C=O) groups excluding carboxylic acids is 2.